The second-order valence-electron chi connectivity index (χ2n) is 6.49. The van der Waals surface area contributed by atoms with Gasteiger partial charge in [0.25, 0.3) is 0 Å². The van der Waals surface area contributed by atoms with Crippen LogP contribution in [0.15, 0.2) is 42.5 Å². The molecule has 0 radical (unpaired) electrons. The monoisotopic (exact) mass is 425 g/mol. The Morgan fingerprint density at radius 2 is 1.74 bits per heavy atom. The highest BCUT2D eigenvalue weighted by Crippen LogP contribution is 2.34. The van der Waals surface area contributed by atoms with E-state index >= 15 is 0 Å². The van der Waals surface area contributed by atoms with Gasteiger partial charge in [-0.3, -0.25) is 0 Å². The summed E-state index contributed by atoms with van der Waals surface area (Å²) in [7, 11) is 1.68. The maximum absolute atomic E-state index is 5.99. The fourth-order valence-corrected chi connectivity index (χ4v) is 2.93. The Kier molecular flexibility index (Phi) is 6.30. The molecule has 0 saturated carbocycles. The van der Waals surface area contributed by atoms with Gasteiger partial charge in [-0.2, -0.15) is 0 Å². The van der Waals surface area contributed by atoms with Gasteiger partial charge in [-0.25, -0.2) is 0 Å². The molecule has 3 nitrogen and oxygen atoms in total. The number of methoxy groups -OCH3 is 1. The van der Waals surface area contributed by atoms with Crippen molar-refractivity contribution in [1.29, 1.82) is 0 Å². The molecule has 124 valence electrons. The molecule has 0 spiro atoms. The minimum atomic E-state index is 0.0845. The van der Waals surface area contributed by atoms with Crippen molar-refractivity contribution in [2.24, 2.45) is 0 Å². The van der Waals surface area contributed by atoms with Crippen LogP contribution in [0.1, 0.15) is 31.9 Å². The van der Waals surface area contributed by atoms with Gasteiger partial charge in [0, 0.05) is 12.1 Å². The average Bonchev–Trinajstić information content (AvgIpc) is 2.51. The lowest BCUT2D eigenvalue weighted by Gasteiger charge is -2.21. The van der Waals surface area contributed by atoms with E-state index in [1.165, 1.54) is 5.56 Å². The number of nitrogens with one attached hydrogen (secondary N) is 1. The molecule has 0 atom stereocenters. The van der Waals surface area contributed by atoms with Gasteiger partial charge in [-0.15, -0.1) is 0 Å². The van der Waals surface area contributed by atoms with Crippen LogP contribution in [0.25, 0.3) is 0 Å². The SMILES string of the molecule is COc1cc(CNC(C)(C)C)cc(I)c1OCc1ccccc1. The summed E-state index contributed by atoms with van der Waals surface area (Å²) in [5, 5.41) is 3.49. The summed E-state index contributed by atoms with van der Waals surface area (Å²) in [6, 6.07) is 14.3. The van der Waals surface area contributed by atoms with Crippen LogP contribution in [-0.2, 0) is 13.2 Å². The summed E-state index contributed by atoms with van der Waals surface area (Å²) in [4.78, 5) is 0. The third kappa shape index (κ3) is 5.70. The van der Waals surface area contributed by atoms with Gasteiger partial charge < -0.3 is 14.8 Å². The molecule has 0 aliphatic carbocycles. The first-order valence-corrected chi connectivity index (χ1v) is 8.75. The molecule has 0 amide bonds. The highest BCUT2D eigenvalue weighted by Gasteiger charge is 2.14. The van der Waals surface area contributed by atoms with Crippen LogP contribution in [0.4, 0.5) is 0 Å². The van der Waals surface area contributed by atoms with Crippen LogP contribution in [0.3, 0.4) is 0 Å². The fourth-order valence-electron chi connectivity index (χ4n) is 2.11. The fraction of sp³-hybridized carbons (Fsp3) is 0.368. The van der Waals surface area contributed by atoms with Crippen molar-refractivity contribution in [2.75, 3.05) is 7.11 Å². The molecule has 0 aliphatic rings. The van der Waals surface area contributed by atoms with E-state index in [4.69, 9.17) is 9.47 Å². The molecular weight excluding hydrogens is 401 g/mol. The van der Waals surface area contributed by atoms with Gasteiger partial charge in [-0.1, -0.05) is 30.3 Å². The zero-order chi connectivity index (χ0) is 16.9. The molecule has 0 aromatic heterocycles. The third-order valence-corrected chi connectivity index (χ3v) is 4.14. The predicted octanol–water partition coefficient (Wildman–Crippen LogP) is 4.77. The average molecular weight is 425 g/mol. The predicted molar refractivity (Wildman–Crippen MR) is 103 cm³/mol. The van der Waals surface area contributed by atoms with Gasteiger partial charge in [0.05, 0.1) is 10.7 Å². The number of hydrogen-bond acceptors (Lipinski definition) is 3. The Morgan fingerprint density at radius 1 is 1.04 bits per heavy atom. The zero-order valence-corrected chi connectivity index (χ0v) is 16.3. The van der Waals surface area contributed by atoms with Gasteiger partial charge in [-0.05, 0) is 66.6 Å². The van der Waals surface area contributed by atoms with Crippen LogP contribution in [-0.4, -0.2) is 12.6 Å². The summed E-state index contributed by atoms with van der Waals surface area (Å²) < 4.78 is 12.6. The molecule has 23 heavy (non-hydrogen) atoms. The summed E-state index contributed by atoms with van der Waals surface area (Å²) in [6.45, 7) is 7.81. The molecule has 2 rings (SSSR count). The molecule has 0 fully saturated rings. The van der Waals surface area contributed by atoms with Crippen molar-refractivity contribution in [2.45, 2.75) is 39.5 Å². The minimum Gasteiger partial charge on any atom is -0.493 e. The van der Waals surface area contributed by atoms with Gasteiger partial charge in [0.2, 0.25) is 0 Å². The third-order valence-electron chi connectivity index (χ3n) is 3.34. The number of rotatable bonds is 6. The van der Waals surface area contributed by atoms with Crippen LogP contribution in [0.2, 0.25) is 0 Å². The number of benzene rings is 2. The Balaban J connectivity index is 2.13. The van der Waals surface area contributed by atoms with E-state index in [-0.39, 0.29) is 5.54 Å². The van der Waals surface area contributed by atoms with Crippen molar-refractivity contribution >= 4 is 22.6 Å². The largest absolute Gasteiger partial charge is 0.493 e. The number of halogens is 1. The van der Waals surface area contributed by atoms with Crippen molar-refractivity contribution in [1.82, 2.24) is 5.32 Å². The molecule has 2 aromatic rings. The topological polar surface area (TPSA) is 30.5 Å². The van der Waals surface area contributed by atoms with E-state index in [0.29, 0.717) is 6.61 Å². The summed E-state index contributed by atoms with van der Waals surface area (Å²) >= 11 is 2.31. The first kappa shape index (κ1) is 18.1. The minimum absolute atomic E-state index is 0.0845. The lowest BCUT2D eigenvalue weighted by Crippen LogP contribution is -2.35. The van der Waals surface area contributed by atoms with Gasteiger partial charge >= 0.3 is 0 Å². The van der Waals surface area contributed by atoms with Crippen molar-refractivity contribution < 1.29 is 9.47 Å². The van der Waals surface area contributed by atoms with Gasteiger partial charge in [0.1, 0.15) is 6.61 Å². The summed E-state index contributed by atoms with van der Waals surface area (Å²) in [5.41, 5.74) is 2.42. The normalized spacial score (nSPS) is 11.3. The van der Waals surface area contributed by atoms with E-state index in [9.17, 15) is 0 Å². The van der Waals surface area contributed by atoms with E-state index in [1.54, 1.807) is 7.11 Å². The molecule has 2 aromatic carbocycles. The molecule has 0 heterocycles. The van der Waals surface area contributed by atoms with Crippen molar-refractivity contribution in [3.63, 3.8) is 0 Å². The van der Waals surface area contributed by atoms with E-state index in [1.807, 2.05) is 24.3 Å². The van der Waals surface area contributed by atoms with Crippen LogP contribution in [0.5, 0.6) is 11.5 Å². The maximum atomic E-state index is 5.99. The highest BCUT2D eigenvalue weighted by atomic mass is 127. The second kappa shape index (κ2) is 8.02. The molecule has 1 N–H and O–H groups in total. The number of ether oxygens (including phenoxy) is 2. The summed E-state index contributed by atoms with van der Waals surface area (Å²) in [5.74, 6) is 1.58. The quantitative estimate of drug-likeness (QED) is 0.677. The molecule has 0 saturated heterocycles. The first-order valence-electron chi connectivity index (χ1n) is 7.67. The van der Waals surface area contributed by atoms with Crippen LogP contribution < -0.4 is 14.8 Å². The highest BCUT2D eigenvalue weighted by molar-refractivity contribution is 14.1. The smallest absolute Gasteiger partial charge is 0.174 e. The molecular formula is C19H24INO2. The molecule has 0 bridgehead atoms. The molecule has 0 unspecified atom stereocenters. The Labute approximate surface area is 152 Å². The van der Waals surface area contributed by atoms with E-state index in [2.05, 4.69) is 66.9 Å². The van der Waals surface area contributed by atoms with Crippen LogP contribution >= 0.6 is 22.6 Å². The zero-order valence-electron chi connectivity index (χ0n) is 14.2. The van der Waals surface area contributed by atoms with Gasteiger partial charge in [0.15, 0.2) is 11.5 Å². The number of hydrogen-bond donors (Lipinski definition) is 1. The van der Waals surface area contributed by atoms with E-state index in [0.717, 1.165) is 27.2 Å². The molecule has 0 aliphatic heterocycles. The Hall–Kier alpha value is -1.27. The Bertz CT molecular complexity index is 636. The second-order valence-corrected chi connectivity index (χ2v) is 7.65. The lowest BCUT2D eigenvalue weighted by atomic mass is 10.1. The molecule has 4 heteroatoms. The maximum Gasteiger partial charge on any atom is 0.174 e. The van der Waals surface area contributed by atoms with Crippen LogP contribution in [0, 0.1) is 3.57 Å². The standard InChI is InChI=1S/C19H24INO2/c1-19(2,3)21-12-15-10-16(20)18(17(11-15)22-4)23-13-14-8-6-5-7-9-14/h5-11,21H,12-13H2,1-4H3. The lowest BCUT2D eigenvalue weighted by molar-refractivity contribution is 0.282. The Morgan fingerprint density at radius 3 is 2.35 bits per heavy atom. The van der Waals surface area contributed by atoms with E-state index < -0.39 is 0 Å². The van der Waals surface area contributed by atoms with Crippen molar-refractivity contribution in [3.05, 3.63) is 57.2 Å². The van der Waals surface area contributed by atoms with Crippen molar-refractivity contribution in [3.8, 4) is 11.5 Å². The summed E-state index contributed by atoms with van der Waals surface area (Å²) in [6.07, 6.45) is 0. The first-order chi connectivity index (χ1) is 10.9.